The summed E-state index contributed by atoms with van der Waals surface area (Å²) in [5, 5.41) is 3.17. The summed E-state index contributed by atoms with van der Waals surface area (Å²) in [6.45, 7) is 4.25. The lowest BCUT2D eigenvalue weighted by Gasteiger charge is -2.29. The highest BCUT2D eigenvalue weighted by Crippen LogP contribution is 2.24. The predicted octanol–water partition coefficient (Wildman–Crippen LogP) is 3.30. The zero-order valence-corrected chi connectivity index (χ0v) is 10.7. The molecule has 92 valence electrons. The Labute approximate surface area is 103 Å². The Morgan fingerprint density at radius 3 is 2.76 bits per heavy atom. The number of carbonyl (C=O) groups is 1. The van der Waals surface area contributed by atoms with E-state index in [9.17, 15) is 4.79 Å². The van der Waals surface area contributed by atoms with E-state index in [1.807, 2.05) is 31.2 Å². The number of benzene rings is 1. The maximum atomic E-state index is 12.1. The molecule has 2 nitrogen and oxygen atoms in total. The van der Waals surface area contributed by atoms with E-state index in [4.69, 9.17) is 0 Å². The largest absolute Gasteiger partial charge is 0.349 e. The summed E-state index contributed by atoms with van der Waals surface area (Å²) in [6.07, 6.45) is 4.90. The maximum absolute atomic E-state index is 12.1. The van der Waals surface area contributed by atoms with Crippen LogP contribution in [0.15, 0.2) is 24.3 Å². The van der Waals surface area contributed by atoms with Crippen LogP contribution in [0.4, 0.5) is 0 Å². The molecule has 1 aromatic carbocycles. The van der Waals surface area contributed by atoms with Crippen molar-refractivity contribution in [2.75, 3.05) is 0 Å². The molecule has 1 saturated carbocycles. The van der Waals surface area contributed by atoms with Gasteiger partial charge in [0, 0.05) is 11.6 Å². The van der Waals surface area contributed by atoms with Gasteiger partial charge in [-0.15, -0.1) is 0 Å². The van der Waals surface area contributed by atoms with Crippen LogP contribution in [-0.2, 0) is 0 Å². The third-order valence-electron chi connectivity index (χ3n) is 3.71. The fraction of sp³-hybridized carbons (Fsp3) is 0.533. The van der Waals surface area contributed by atoms with Crippen LogP contribution in [0.5, 0.6) is 0 Å². The highest BCUT2D eigenvalue weighted by molar-refractivity contribution is 5.94. The van der Waals surface area contributed by atoms with Crippen LogP contribution in [0.2, 0.25) is 0 Å². The van der Waals surface area contributed by atoms with Crippen molar-refractivity contribution in [1.82, 2.24) is 5.32 Å². The van der Waals surface area contributed by atoms with Crippen molar-refractivity contribution >= 4 is 5.91 Å². The van der Waals surface area contributed by atoms with Crippen molar-refractivity contribution in [2.45, 2.75) is 45.6 Å². The first kappa shape index (κ1) is 12.2. The summed E-state index contributed by atoms with van der Waals surface area (Å²) in [5.74, 6) is 0.685. The van der Waals surface area contributed by atoms with Gasteiger partial charge in [-0.1, -0.05) is 37.5 Å². The lowest BCUT2D eigenvalue weighted by atomic mass is 9.86. The van der Waals surface area contributed by atoms with Gasteiger partial charge in [-0.05, 0) is 37.8 Å². The number of nitrogens with one attached hydrogen (secondary N) is 1. The first-order chi connectivity index (χ1) is 8.16. The van der Waals surface area contributed by atoms with Gasteiger partial charge in [-0.2, -0.15) is 0 Å². The monoisotopic (exact) mass is 231 g/mol. The van der Waals surface area contributed by atoms with Crippen LogP contribution < -0.4 is 5.32 Å². The normalized spacial score (nSPS) is 24.4. The van der Waals surface area contributed by atoms with Gasteiger partial charge in [-0.25, -0.2) is 0 Å². The zero-order valence-electron chi connectivity index (χ0n) is 10.7. The molecule has 17 heavy (non-hydrogen) atoms. The summed E-state index contributed by atoms with van der Waals surface area (Å²) >= 11 is 0. The molecule has 0 bridgehead atoms. The van der Waals surface area contributed by atoms with Gasteiger partial charge in [0.2, 0.25) is 0 Å². The number of carbonyl (C=O) groups excluding carboxylic acids is 1. The smallest absolute Gasteiger partial charge is 0.251 e. The molecular weight excluding hydrogens is 210 g/mol. The molecule has 0 aromatic heterocycles. The van der Waals surface area contributed by atoms with E-state index in [1.54, 1.807) is 0 Å². The Kier molecular flexibility index (Phi) is 3.82. The standard InChI is InChI=1S/C15H21NO/c1-11-6-5-8-13(10-11)15(17)16-14-9-4-3-7-12(14)2/h5-6,8,10,12,14H,3-4,7,9H2,1-2H3,(H,16,17)/t12-,14+/m0/s1. The van der Waals surface area contributed by atoms with E-state index >= 15 is 0 Å². The molecule has 0 heterocycles. The van der Waals surface area contributed by atoms with E-state index in [-0.39, 0.29) is 5.91 Å². The Balaban J connectivity index is 2.01. The van der Waals surface area contributed by atoms with Gasteiger partial charge < -0.3 is 5.32 Å². The molecule has 0 spiro atoms. The summed E-state index contributed by atoms with van der Waals surface area (Å²) < 4.78 is 0. The highest BCUT2D eigenvalue weighted by atomic mass is 16.1. The van der Waals surface area contributed by atoms with Crippen LogP contribution in [0.3, 0.4) is 0 Å². The number of hydrogen-bond acceptors (Lipinski definition) is 1. The van der Waals surface area contributed by atoms with Crippen LogP contribution in [-0.4, -0.2) is 11.9 Å². The molecule has 2 rings (SSSR count). The van der Waals surface area contributed by atoms with E-state index in [2.05, 4.69) is 12.2 Å². The summed E-state index contributed by atoms with van der Waals surface area (Å²) in [6, 6.07) is 8.14. The number of amides is 1. The minimum atomic E-state index is 0.0763. The van der Waals surface area contributed by atoms with Crippen LogP contribution >= 0.6 is 0 Å². The van der Waals surface area contributed by atoms with Crippen molar-refractivity contribution in [3.63, 3.8) is 0 Å². The molecule has 0 unspecified atom stereocenters. The number of hydrogen-bond donors (Lipinski definition) is 1. The van der Waals surface area contributed by atoms with Gasteiger partial charge in [0.25, 0.3) is 5.91 Å². The van der Waals surface area contributed by atoms with E-state index in [1.165, 1.54) is 19.3 Å². The van der Waals surface area contributed by atoms with Crippen LogP contribution in [0.1, 0.15) is 48.5 Å². The summed E-state index contributed by atoms with van der Waals surface area (Å²) in [5.41, 5.74) is 1.91. The molecule has 0 radical (unpaired) electrons. The molecular formula is C15H21NO. The lowest BCUT2D eigenvalue weighted by Crippen LogP contribution is -2.41. The average Bonchev–Trinajstić information content (AvgIpc) is 2.32. The fourth-order valence-electron chi connectivity index (χ4n) is 2.57. The minimum absolute atomic E-state index is 0.0763. The molecule has 1 aliphatic carbocycles. The molecule has 1 fully saturated rings. The predicted molar refractivity (Wildman–Crippen MR) is 70.1 cm³/mol. The molecule has 0 aliphatic heterocycles. The molecule has 2 heteroatoms. The number of rotatable bonds is 2. The van der Waals surface area contributed by atoms with Gasteiger partial charge in [-0.3, -0.25) is 4.79 Å². The molecule has 0 saturated heterocycles. The lowest BCUT2D eigenvalue weighted by molar-refractivity contribution is 0.0910. The Hall–Kier alpha value is -1.31. The molecule has 1 N–H and O–H groups in total. The van der Waals surface area contributed by atoms with Crippen molar-refractivity contribution in [2.24, 2.45) is 5.92 Å². The Morgan fingerprint density at radius 2 is 2.06 bits per heavy atom. The van der Waals surface area contributed by atoms with Crippen LogP contribution in [0.25, 0.3) is 0 Å². The first-order valence-corrected chi connectivity index (χ1v) is 6.54. The van der Waals surface area contributed by atoms with Crippen molar-refractivity contribution in [3.05, 3.63) is 35.4 Å². The summed E-state index contributed by atoms with van der Waals surface area (Å²) in [4.78, 5) is 12.1. The zero-order chi connectivity index (χ0) is 12.3. The van der Waals surface area contributed by atoms with E-state index in [0.717, 1.165) is 17.5 Å². The second-order valence-corrected chi connectivity index (χ2v) is 5.21. The Bertz CT molecular complexity index is 400. The fourth-order valence-corrected chi connectivity index (χ4v) is 2.57. The van der Waals surface area contributed by atoms with Crippen molar-refractivity contribution in [3.8, 4) is 0 Å². The molecule has 2 atom stereocenters. The van der Waals surface area contributed by atoms with Crippen molar-refractivity contribution in [1.29, 1.82) is 0 Å². The molecule has 1 aromatic rings. The van der Waals surface area contributed by atoms with Crippen molar-refractivity contribution < 1.29 is 4.79 Å². The van der Waals surface area contributed by atoms with E-state index in [0.29, 0.717) is 12.0 Å². The second kappa shape index (κ2) is 5.35. The van der Waals surface area contributed by atoms with Gasteiger partial charge in [0.05, 0.1) is 0 Å². The number of aryl methyl sites for hydroxylation is 1. The third-order valence-corrected chi connectivity index (χ3v) is 3.71. The van der Waals surface area contributed by atoms with Gasteiger partial charge >= 0.3 is 0 Å². The summed E-state index contributed by atoms with van der Waals surface area (Å²) in [7, 11) is 0. The van der Waals surface area contributed by atoms with Gasteiger partial charge in [0.15, 0.2) is 0 Å². The van der Waals surface area contributed by atoms with E-state index < -0.39 is 0 Å². The maximum Gasteiger partial charge on any atom is 0.251 e. The average molecular weight is 231 g/mol. The molecule has 1 aliphatic rings. The van der Waals surface area contributed by atoms with Gasteiger partial charge in [0.1, 0.15) is 0 Å². The topological polar surface area (TPSA) is 29.1 Å². The Morgan fingerprint density at radius 1 is 1.29 bits per heavy atom. The minimum Gasteiger partial charge on any atom is -0.349 e. The molecule has 1 amide bonds. The second-order valence-electron chi connectivity index (χ2n) is 5.21. The highest BCUT2D eigenvalue weighted by Gasteiger charge is 2.23. The quantitative estimate of drug-likeness (QED) is 0.831. The first-order valence-electron chi connectivity index (χ1n) is 6.54. The third kappa shape index (κ3) is 3.09. The SMILES string of the molecule is Cc1cccc(C(=O)N[C@@H]2CCCC[C@@H]2C)c1. The van der Waals surface area contributed by atoms with Crippen LogP contribution in [0, 0.1) is 12.8 Å².